The first kappa shape index (κ1) is 23.9. The molecule has 2 fully saturated rings. The van der Waals surface area contributed by atoms with Gasteiger partial charge < -0.3 is 20.1 Å². The van der Waals surface area contributed by atoms with Crippen molar-refractivity contribution in [3.8, 4) is 11.5 Å². The molecule has 1 aromatic rings. The second-order valence-corrected chi connectivity index (χ2v) is 8.72. The van der Waals surface area contributed by atoms with Gasteiger partial charge in [-0.1, -0.05) is 32.8 Å². The Morgan fingerprint density at radius 1 is 1.22 bits per heavy atom. The molecule has 1 saturated carbocycles. The third kappa shape index (κ3) is 5.34. The average molecular weight is 446 g/mol. The van der Waals surface area contributed by atoms with E-state index in [4.69, 9.17) is 9.47 Å². The van der Waals surface area contributed by atoms with Gasteiger partial charge in [0.25, 0.3) is 5.91 Å². The van der Waals surface area contributed by atoms with Gasteiger partial charge in [0.1, 0.15) is 12.1 Å². The molecular formula is C24H35N3O5. The van der Waals surface area contributed by atoms with Crippen molar-refractivity contribution in [2.45, 2.75) is 70.9 Å². The lowest BCUT2D eigenvalue weighted by molar-refractivity contribution is -0.136. The van der Waals surface area contributed by atoms with Crippen LogP contribution in [0.4, 0.5) is 4.79 Å². The normalized spacial score (nSPS) is 22.7. The minimum atomic E-state index is -0.829. The first-order chi connectivity index (χ1) is 15.4. The van der Waals surface area contributed by atoms with Crippen molar-refractivity contribution in [1.29, 1.82) is 0 Å². The summed E-state index contributed by atoms with van der Waals surface area (Å²) in [6.45, 7) is 4.85. The summed E-state index contributed by atoms with van der Waals surface area (Å²) < 4.78 is 11.1. The Morgan fingerprint density at radius 2 is 1.97 bits per heavy atom. The molecule has 32 heavy (non-hydrogen) atoms. The molecule has 1 spiro atoms. The van der Waals surface area contributed by atoms with Crippen LogP contribution in [0.3, 0.4) is 0 Å². The number of ether oxygens (including phenoxy) is 2. The van der Waals surface area contributed by atoms with Crippen LogP contribution in [0, 0.1) is 5.92 Å². The van der Waals surface area contributed by atoms with Crippen LogP contribution in [-0.4, -0.2) is 48.5 Å². The molecular weight excluding hydrogens is 410 g/mol. The second-order valence-electron chi connectivity index (χ2n) is 8.72. The maximum absolute atomic E-state index is 13.0. The molecule has 1 saturated heterocycles. The van der Waals surface area contributed by atoms with Crippen molar-refractivity contribution in [1.82, 2.24) is 15.5 Å². The smallest absolute Gasteiger partial charge is 0.325 e. The topological polar surface area (TPSA) is 97.0 Å². The minimum Gasteiger partial charge on any atom is -0.493 e. The Bertz CT molecular complexity index is 833. The van der Waals surface area contributed by atoms with Crippen LogP contribution in [0.1, 0.15) is 64.4 Å². The van der Waals surface area contributed by atoms with E-state index < -0.39 is 11.6 Å². The third-order valence-electron chi connectivity index (χ3n) is 6.56. The van der Waals surface area contributed by atoms with Crippen LogP contribution in [0.2, 0.25) is 0 Å². The lowest BCUT2D eigenvalue weighted by atomic mass is 9.75. The molecule has 176 valence electrons. The fraction of sp³-hybridized carbons (Fsp3) is 0.625. The van der Waals surface area contributed by atoms with Crippen LogP contribution >= 0.6 is 0 Å². The molecule has 1 aliphatic carbocycles. The van der Waals surface area contributed by atoms with Gasteiger partial charge in [0, 0.05) is 6.54 Å². The molecule has 0 unspecified atom stereocenters. The van der Waals surface area contributed by atoms with Gasteiger partial charge in [-0.25, -0.2) is 4.79 Å². The van der Waals surface area contributed by atoms with E-state index >= 15 is 0 Å². The van der Waals surface area contributed by atoms with E-state index in [1.807, 2.05) is 18.2 Å². The number of carbonyl (C=O) groups is 3. The van der Waals surface area contributed by atoms with Crippen LogP contribution in [0.15, 0.2) is 18.2 Å². The van der Waals surface area contributed by atoms with Gasteiger partial charge in [-0.2, -0.15) is 0 Å². The Hall–Kier alpha value is -2.77. The highest BCUT2D eigenvalue weighted by atomic mass is 16.5. The number of benzene rings is 1. The van der Waals surface area contributed by atoms with E-state index in [1.165, 1.54) is 0 Å². The largest absolute Gasteiger partial charge is 0.493 e. The number of hydrogen-bond donors (Lipinski definition) is 2. The molecule has 1 aromatic carbocycles. The number of amides is 4. The average Bonchev–Trinajstić information content (AvgIpc) is 3.02. The quantitative estimate of drug-likeness (QED) is 0.425. The maximum atomic E-state index is 13.0. The monoisotopic (exact) mass is 445 g/mol. The van der Waals surface area contributed by atoms with Gasteiger partial charge >= 0.3 is 6.03 Å². The van der Waals surface area contributed by atoms with E-state index in [0.29, 0.717) is 36.9 Å². The van der Waals surface area contributed by atoms with Crippen molar-refractivity contribution < 1.29 is 23.9 Å². The van der Waals surface area contributed by atoms with Crippen LogP contribution in [0.25, 0.3) is 0 Å². The number of urea groups is 1. The van der Waals surface area contributed by atoms with E-state index in [1.54, 1.807) is 7.11 Å². The van der Waals surface area contributed by atoms with E-state index in [9.17, 15) is 14.4 Å². The van der Waals surface area contributed by atoms with Crippen LogP contribution in [-0.2, 0) is 16.1 Å². The standard InChI is InChI=1S/C24H35N3O5/c1-4-6-13-32-19-8-7-18(14-20(19)31-3)15-25-21(28)16-27-22(29)24(26-23(27)30)11-9-17(5-2)10-12-24/h7-8,14,17H,4-6,9-13,15-16H2,1-3H3,(H,25,28)(H,26,30). The number of rotatable bonds is 10. The van der Waals surface area contributed by atoms with Gasteiger partial charge in [-0.05, 0) is 55.7 Å². The second kappa shape index (κ2) is 10.7. The van der Waals surface area contributed by atoms with Gasteiger partial charge in [-0.3, -0.25) is 14.5 Å². The number of hydrogen-bond acceptors (Lipinski definition) is 5. The highest BCUT2D eigenvalue weighted by Crippen LogP contribution is 2.37. The summed E-state index contributed by atoms with van der Waals surface area (Å²) in [5.41, 5.74) is 0.00823. The van der Waals surface area contributed by atoms with Gasteiger partial charge in [0.05, 0.1) is 13.7 Å². The molecule has 1 aliphatic heterocycles. The number of imide groups is 1. The summed E-state index contributed by atoms with van der Waals surface area (Å²) in [6, 6.07) is 5.02. The molecule has 3 rings (SSSR count). The van der Waals surface area contributed by atoms with E-state index in [0.717, 1.165) is 42.6 Å². The van der Waals surface area contributed by atoms with Crippen molar-refractivity contribution in [3.05, 3.63) is 23.8 Å². The first-order valence-electron chi connectivity index (χ1n) is 11.6. The number of methoxy groups -OCH3 is 1. The molecule has 0 radical (unpaired) electrons. The molecule has 4 amide bonds. The Kier molecular flexibility index (Phi) is 7.99. The lowest BCUT2D eigenvalue weighted by Gasteiger charge is -2.34. The summed E-state index contributed by atoms with van der Waals surface area (Å²) in [5, 5.41) is 5.65. The number of nitrogens with one attached hydrogen (secondary N) is 2. The van der Waals surface area contributed by atoms with Crippen LogP contribution < -0.4 is 20.1 Å². The molecule has 0 bridgehead atoms. The molecule has 8 nitrogen and oxygen atoms in total. The van der Waals surface area contributed by atoms with Gasteiger partial charge in [0.2, 0.25) is 5.91 Å². The fourth-order valence-corrected chi connectivity index (χ4v) is 4.41. The number of unbranched alkanes of at least 4 members (excludes halogenated alkanes) is 1. The molecule has 2 aliphatic rings. The molecule has 2 N–H and O–H groups in total. The Morgan fingerprint density at radius 3 is 2.62 bits per heavy atom. The summed E-state index contributed by atoms with van der Waals surface area (Å²) in [5.74, 6) is 1.21. The Labute approximate surface area is 190 Å². The Balaban J connectivity index is 1.53. The fourth-order valence-electron chi connectivity index (χ4n) is 4.41. The van der Waals surface area contributed by atoms with Crippen molar-refractivity contribution in [3.63, 3.8) is 0 Å². The highest BCUT2D eigenvalue weighted by molar-refractivity contribution is 6.09. The van der Waals surface area contributed by atoms with Crippen LogP contribution in [0.5, 0.6) is 11.5 Å². The summed E-state index contributed by atoms with van der Waals surface area (Å²) in [7, 11) is 1.58. The van der Waals surface area contributed by atoms with Crippen molar-refractivity contribution in [2.75, 3.05) is 20.3 Å². The summed E-state index contributed by atoms with van der Waals surface area (Å²) >= 11 is 0. The zero-order valence-corrected chi connectivity index (χ0v) is 19.4. The SMILES string of the molecule is CCCCOc1ccc(CNC(=O)CN2C(=O)NC3(CCC(CC)CC3)C2=O)cc1OC. The van der Waals surface area contributed by atoms with Crippen molar-refractivity contribution >= 4 is 17.8 Å². The first-order valence-corrected chi connectivity index (χ1v) is 11.6. The lowest BCUT2D eigenvalue weighted by Crippen LogP contribution is -2.50. The van der Waals surface area contributed by atoms with Crippen molar-refractivity contribution in [2.24, 2.45) is 5.92 Å². The number of nitrogens with zero attached hydrogens (tertiary/aromatic N) is 1. The molecule has 1 heterocycles. The van der Waals surface area contributed by atoms with Gasteiger partial charge in [-0.15, -0.1) is 0 Å². The highest BCUT2D eigenvalue weighted by Gasteiger charge is 2.52. The predicted molar refractivity (Wildman–Crippen MR) is 120 cm³/mol. The predicted octanol–water partition coefficient (Wildman–Crippen LogP) is 3.38. The summed E-state index contributed by atoms with van der Waals surface area (Å²) in [4.78, 5) is 38.9. The number of carbonyl (C=O) groups excluding carboxylic acids is 3. The third-order valence-corrected chi connectivity index (χ3v) is 6.56. The van der Waals surface area contributed by atoms with E-state index in [2.05, 4.69) is 24.5 Å². The van der Waals surface area contributed by atoms with E-state index in [-0.39, 0.29) is 24.9 Å². The molecule has 0 aromatic heterocycles. The minimum absolute atomic E-state index is 0.261. The van der Waals surface area contributed by atoms with Gasteiger partial charge in [0.15, 0.2) is 11.5 Å². The summed E-state index contributed by atoms with van der Waals surface area (Å²) in [6.07, 6.45) is 6.21. The molecule has 8 heteroatoms. The maximum Gasteiger partial charge on any atom is 0.325 e. The molecule has 0 atom stereocenters. The zero-order valence-electron chi connectivity index (χ0n) is 19.4. The zero-order chi connectivity index (χ0) is 23.1.